The van der Waals surface area contributed by atoms with Gasteiger partial charge in [-0.1, -0.05) is 60.7 Å². The Hall–Kier alpha value is -4.80. The van der Waals surface area contributed by atoms with Crippen LogP contribution in [-0.4, -0.2) is 21.6 Å². The summed E-state index contributed by atoms with van der Waals surface area (Å²) >= 11 is 0. The Labute approximate surface area is 257 Å². The van der Waals surface area contributed by atoms with Gasteiger partial charge in [0.1, 0.15) is 23.0 Å². The number of ether oxygens (including phenoxy) is 1. The summed E-state index contributed by atoms with van der Waals surface area (Å²) in [4.78, 5) is 9.49. The van der Waals surface area contributed by atoms with E-state index in [1.807, 2.05) is 123 Å². The van der Waals surface area contributed by atoms with Crippen molar-refractivity contribution in [1.82, 2.24) is 0 Å². The molecule has 0 radical (unpaired) electrons. The molecule has 0 bridgehead atoms. The van der Waals surface area contributed by atoms with Gasteiger partial charge in [-0.2, -0.15) is 0 Å². The van der Waals surface area contributed by atoms with Gasteiger partial charge in [-0.05, 0) is 96.1 Å². The summed E-state index contributed by atoms with van der Waals surface area (Å²) in [6.45, 7) is 3.80. The molecule has 2 N–H and O–H groups in total. The van der Waals surface area contributed by atoms with Crippen molar-refractivity contribution < 1.29 is 34.4 Å². The summed E-state index contributed by atoms with van der Waals surface area (Å²) in [6, 6.07) is 38.2. The van der Waals surface area contributed by atoms with Crippen molar-refractivity contribution >= 4 is 44.3 Å². The molecule has 0 amide bonds. The minimum absolute atomic E-state index is 0. The van der Waals surface area contributed by atoms with Crippen LogP contribution in [0.1, 0.15) is 25.0 Å². The molecule has 0 aliphatic rings. The van der Waals surface area contributed by atoms with Crippen LogP contribution in [0.2, 0.25) is 0 Å². The van der Waals surface area contributed by atoms with Crippen LogP contribution in [0.25, 0.3) is 21.5 Å². The first-order chi connectivity index (χ1) is 20.0. The molecule has 202 valence electrons. The second-order valence-corrected chi connectivity index (χ2v) is 9.85. The summed E-state index contributed by atoms with van der Waals surface area (Å²) in [6.07, 6.45) is 0. The number of hydrogen-bond donors (Lipinski definition) is 2. The third-order valence-corrected chi connectivity index (χ3v) is 7.04. The van der Waals surface area contributed by atoms with Crippen molar-refractivity contribution in [1.29, 1.82) is 0 Å². The Bertz CT molecular complexity index is 1800. The summed E-state index contributed by atoms with van der Waals surface area (Å²) < 4.78 is 6.04. The molecule has 6 rings (SSSR count). The summed E-state index contributed by atoms with van der Waals surface area (Å²) in [5.41, 5.74) is 4.46. The van der Waals surface area contributed by atoms with Gasteiger partial charge in [0.2, 0.25) is 0 Å². The molecular formula is C36H28N2O3Zn. The molecule has 0 saturated carbocycles. The molecule has 0 aliphatic carbocycles. The zero-order valence-corrected chi connectivity index (χ0v) is 26.4. The molecule has 6 heteroatoms. The van der Waals surface area contributed by atoms with Crippen molar-refractivity contribution in [3.8, 4) is 23.0 Å². The number of fused-ring (bicyclic) bond motifs is 2. The topological polar surface area (TPSA) is 74.4 Å². The van der Waals surface area contributed by atoms with Crippen molar-refractivity contribution in [2.75, 3.05) is 0 Å². The molecule has 0 heterocycles. The van der Waals surface area contributed by atoms with E-state index in [0.29, 0.717) is 11.5 Å². The molecule has 5 nitrogen and oxygen atoms in total. The van der Waals surface area contributed by atoms with Crippen molar-refractivity contribution in [3.63, 3.8) is 0 Å². The average Bonchev–Trinajstić information content (AvgIpc) is 2.99. The number of phenols is 2. The Morgan fingerprint density at radius 2 is 0.881 bits per heavy atom. The summed E-state index contributed by atoms with van der Waals surface area (Å²) in [5.74, 6) is 1.79. The minimum atomic E-state index is 0. The SMILES string of the molecule is CC(=Nc1ccc(Oc2ccc(N=C(C)c3c(O)ccc4ccccc34)cc2)cc1)c1c(O)ccc2ccccc12.[Zn]. The van der Waals surface area contributed by atoms with E-state index in [1.54, 1.807) is 12.1 Å². The van der Waals surface area contributed by atoms with Gasteiger partial charge in [-0.25, -0.2) is 0 Å². The van der Waals surface area contributed by atoms with Gasteiger partial charge in [-0.15, -0.1) is 0 Å². The van der Waals surface area contributed by atoms with Crippen LogP contribution in [-0.2, 0) is 19.5 Å². The average molecular weight is 602 g/mol. The van der Waals surface area contributed by atoms with Crippen molar-refractivity contribution in [2.45, 2.75) is 13.8 Å². The monoisotopic (exact) mass is 600 g/mol. The van der Waals surface area contributed by atoms with E-state index >= 15 is 0 Å². The first kappa shape index (κ1) is 28.7. The Balaban J connectivity index is 0.00000353. The number of hydrogen-bond acceptors (Lipinski definition) is 5. The minimum Gasteiger partial charge on any atom is -0.507 e. The van der Waals surface area contributed by atoms with Gasteiger partial charge in [0.25, 0.3) is 0 Å². The maximum atomic E-state index is 10.5. The Morgan fingerprint density at radius 3 is 1.29 bits per heavy atom. The molecule has 0 spiro atoms. The molecule has 0 atom stereocenters. The van der Waals surface area contributed by atoms with Crippen LogP contribution < -0.4 is 4.74 Å². The van der Waals surface area contributed by atoms with Crippen molar-refractivity contribution in [3.05, 3.63) is 132 Å². The molecule has 0 unspecified atom stereocenters. The first-order valence-electron chi connectivity index (χ1n) is 13.4. The molecule has 42 heavy (non-hydrogen) atoms. The van der Waals surface area contributed by atoms with Gasteiger partial charge in [-0.3, -0.25) is 9.98 Å². The van der Waals surface area contributed by atoms with E-state index in [1.165, 1.54) is 0 Å². The van der Waals surface area contributed by atoms with Gasteiger partial charge >= 0.3 is 0 Å². The van der Waals surface area contributed by atoms with E-state index in [-0.39, 0.29) is 31.0 Å². The van der Waals surface area contributed by atoms with Gasteiger partial charge in [0.05, 0.1) is 11.4 Å². The first-order valence-corrected chi connectivity index (χ1v) is 13.4. The van der Waals surface area contributed by atoms with E-state index in [2.05, 4.69) is 0 Å². The normalized spacial score (nSPS) is 11.9. The standard InChI is InChI=1S/C36H28N2O3.Zn/c1-23(35-31-9-5-3-7-25(31)11-21-33(35)39)37-27-13-17-29(18-14-27)41-30-19-15-28(16-20-30)38-24(2)36-32-10-6-4-8-26(32)12-22-34(36)40;/h3-22,39-40H,1-2H3;. The molecular weight excluding hydrogens is 574 g/mol. The summed E-state index contributed by atoms with van der Waals surface area (Å²) in [5, 5.41) is 25.1. The predicted octanol–water partition coefficient (Wildman–Crippen LogP) is 9.48. The maximum Gasteiger partial charge on any atom is 0.127 e. The quantitative estimate of drug-likeness (QED) is 0.147. The molecule has 0 fully saturated rings. The number of nitrogens with zero attached hydrogens (tertiary/aromatic N) is 2. The molecule has 0 aliphatic heterocycles. The number of benzene rings is 6. The molecule has 0 saturated heterocycles. The van der Waals surface area contributed by atoms with Gasteiger partial charge in [0.15, 0.2) is 0 Å². The van der Waals surface area contributed by atoms with E-state index in [9.17, 15) is 10.2 Å². The smallest absolute Gasteiger partial charge is 0.127 e. The van der Waals surface area contributed by atoms with E-state index in [4.69, 9.17) is 14.7 Å². The maximum absolute atomic E-state index is 10.5. The Morgan fingerprint density at radius 1 is 0.500 bits per heavy atom. The largest absolute Gasteiger partial charge is 0.507 e. The zero-order valence-electron chi connectivity index (χ0n) is 23.5. The molecule has 6 aromatic rings. The van der Waals surface area contributed by atoms with Crippen LogP contribution in [0.5, 0.6) is 23.0 Å². The Kier molecular flexibility index (Phi) is 8.47. The zero-order chi connectivity index (χ0) is 28.3. The number of phenolic OH excluding ortho intramolecular Hbond substituents is 2. The van der Waals surface area contributed by atoms with Crippen LogP contribution >= 0.6 is 0 Å². The second kappa shape index (κ2) is 12.4. The predicted molar refractivity (Wildman–Crippen MR) is 168 cm³/mol. The summed E-state index contributed by atoms with van der Waals surface area (Å²) in [7, 11) is 0. The van der Waals surface area contributed by atoms with Crippen LogP contribution in [0, 0.1) is 0 Å². The van der Waals surface area contributed by atoms with Gasteiger partial charge in [0, 0.05) is 42.0 Å². The third-order valence-electron chi connectivity index (χ3n) is 7.04. The fourth-order valence-electron chi connectivity index (χ4n) is 5.09. The number of rotatable bonds is 6. The number of aromatic hydroxyl groups is 2. The van der Waals surface area contributed by atoms with E-state index in [0.717, 1.165) is 55.5 Å². The second-order valence-electron chi connectivity index (χ2n) is 9.85. The molecule has 0 aromatic heterocycles. The molecule has 6 aromatic carbocycles. The van der Waals surface area contributed by atoms with E-state index < -0.39 is 0 Å². The number of aliphatic imine (C=N–C) groups is 2. The van der Waals surface area contributed by atoms with Crippen LogP contribution in [0.3, 0.4) is 0 Å². The third kappa shape index (κ3) is 5.95. The van der Waals surface area contributed by atoms with Gasteiger partial charge < -0.3 is 14.9 Å². The van der Waals surface area contributed by atoms with Crippen LogP contribution in [0.4, 0.5) is 11.4 Å². The van der Waals surface area contributed by atoms with Crippen molar-refractivity contribution in [2.24, 2.45) is 9.98 Å². The van der Waals surface area contributed by atoms with Crippen LogP contribution in [0.15, 0.2) is 131 Å². The fourth-order valence-corrected chi connectivity index (χ4v) is 5.09. The fraction of sp³-hybridized carbons (Fsp3) is 0.0556.